The fourth-order valence-corrected chi connectivity index (χ4v) is 2.49. The maximum Gasteiger partial charge on any atom is 0.258 e. The van der Waals surface area contributed by atoms with Crippen LogP contribution in [0.15, 0.2) is 18.2 Å². The van der Waals surface area contributed by atoms with Crippen LogP contribution >= 0.6 is 35.0 Å². The lowest BCUT2D eigenvalue weighted by molar-refractivity contribution is -0.125. The molecule has 0 N–H and O–H groups in total. The molecule has 19 heavy (non-hydrogen) atoms. The molecular formula is C11H7Cl3N2O3. The number of carbonyl (C=O) groups is 3. The molecule has 0 spiro atoms. The van der Waals surface area contributed by atoms with E-state index in [1.54, 1.807) is 0 Å². The van der Waals surface area contributed by atoms with Gasteiger partial charge >= 0.3 is 0 Å². The first-order valence-electron chi connectivity index (χ1n) is 5.16. The highest BCUT2D eigenvalue weighted by Gasteiger charge is 2.42. The van der Waals surface area contributed by atoms with Crippen molar-refractivity contribution in [1.29, 1.82) is 0 Å². The van der Waals surface area contributed by atoms with Gasteiger partial charge in [-0.25, -0.2) is 9.32 Å². The van der Waals surface area contributed by atoms with Crippen molar-refractivity contribution in [3.63, 3.8) is 0 Å². The molecule has 1 atom stereocenters. The van der Waals surface area contributed by atoms with Crippen molar-refractivity contribution in [2.45, 2.75) is 12.5 Å². The second-order valence-electron chi connectivity index (χ2n) is 3.86. The van der Waals surface area contributed by atoms with E-state index in [-0.39, 0.29) is 18.5 Å². The van der Waals surface area contributed by atoms with Gasteiger partial charge in [-0.05, 0) is 18.2 Å². The van der Waals surface area contributed by atoms with Crippen molar-refractivity contribution >= 4 is 58.9 Å². The molecule has 3 amide bonds. The minimum atomic E-state index is -1.01. The molecule has 1 aromatic carbocycles. The van der Waals surface area contributed by atoms with Crippen LogP contribution in [0.25, 0.3) is 0 Å². The Morgan fingerprint density at radius 2 is 1.79 bits per heavy atom. The Morgan fingerprint density at radius 1 is 1.21 bits per heavy atom. The first-order valence-corrected chi connectivity index (χ1v) is 6.25. The number of anilines is 1. The predicted octanol–water partition coefficient (Wildman–Crippen LogP) is 2.24. The Kier molecular flexibility index (Phi) is 3.99. The van der Waals surface area contributed by atoms with E-state index >= 15 is 0 Å². The topological polar surface area (TPSA) is 57.7 Å². The minimum Gasteiger partial charge on any atom is -0.277 e. The molecule has 0 aromatic heterocycles. The van der Waals surface area contributed by atoms with Gasteiger partial charge in [0.1, 0.15) is 6.04 Å². The van der Waals surface area contributed by atoms with Gasteiger partial charge in [-0.2, -0.15) is 0 Å². The number of carbonyl (C=O) groups excluding carboxylic acids is 3. The number of hydrogen-bond donors (Lipinski definition) is 0. The molecular weight excluding hydrogens is 314 g/mol. The summed E-state index contributed by atoms with van der Waals surface area (Å²) >= 11 is 17.2. The smallest absolute Gasteiger partial charge is 0.258 e. The van der Waals surface area contributed by atoms with Gasteiger partial charge in [0.15, 0.2) is 0 Å². The monoisotopic (exact) mass is 320 g/mol. The molecule has 0 bridgehead atoms. The molecule has 1 aromatic rings. The molecule has 1 heterocycles. The van der Waals surface area contributed by atoms with E-state index in [9.17, 15) is 14.4 Å². The summed E-state index contributed by atoms with van der Waals surface area (Å²) < 4.78 is 0.645. The zero-order valence-corrected chi connectivity index (χ0v) is 11.6. The number of benzene rings is 1. The van der Waals surface area contributed by atoms with Gasteiger partial charge in [-0.1, -0.05) is 23.2 Å². The summed E-state index contributed by atoms with van der Waals surface area (Å²) in [6.07, 6.45) is 0.108. The number of imide groups is 1. The summed E-state index contributed by atoms with van der Waals surface area (Å²) in [5, 5.41) is 0.592. The average molecular weight is 322 g/mol. The number of rotatable bonds is 3. The molecule has 2 rings (SSSR count). The average Bonchev–Trinajstić information content (AvgIpc) is 2.62. The fraction of sp³-hybridized carbons (Fsp3) is 0.182. The first-order chi connectivity index (χ1) is 8.93. The van der Waals surface area contributed by atoms with Crippen LogP contribution in [-0.4, -0.2) is 28.7 Å². The molecule has 5 nitrogen and oxygen atoms in total. The second-order valence-corrected chi connectivity index (χ2v) is 5.13. The van der Waals surface area contributed by atoms with Gasteiger partial charge in [0.2, 0.25) is 12.3 Å². The van der Waals surface area contributed by atoms with Crippen LogP contribution in [0.2, 0.25) is 10.0 Å². The summed E-state index contributed by atoms with van der Waals surface area (Å²) in [7, 11) is 0. The molecule has 1 aliphatic rings. The van der Waals surface area contributed by atoms with Crippen molar-refractivity contribution < 1.29 is 14.4 Å². The highest BCUT2D eigenvalue weighted by atomic mass is 35.5. The maximum atomic E-state index is 12.1. The molecule has 1 saturated heterocycles. The van der Waals surface area contributed by atoms with E-state index in [4.69, 9.17) is 35.0 Å². The number of amides is 3. The Morgan fingerprint density at radius 3 is 2.32 bits per heavy atom. The number of halogens is 3. The number of nitrogens with zero attached hydrogens (tertiary/aromatic N) is 2. The molecule has 0 saturated carbocycles. The van der Waals surface area contributed by atoms with Crippen LogP contribution in [0.3, 0.4) is 0 Å². The summed E-state index contributed by atoms with van der Waals surface area (Å²) in [6, 6.07) is 3.34. The van der Waals surface area contributed by atoms with Gasteiger partial charge in [0.05, 0.1) is 12.1 Å². The lowest BCUT2D eigenvalue weighted by Gasteiger charge is -2.17. The van der Waals surface area contributed by atoms with Gasteiger partial charge in [0, 0.05) is 21.8 Å². The summed E-state index contributed by atoms with van der Waals surface area (Å²) in [4.78, 5) is 35.4. The standard InChI is InChI=1S/C11H7Cl3N2O3/c12-6-1-7(13)3-8(2-6)16-10(18)4-9(11(16)19)15(14)5-17/h1-3,5,9H,4H2. The maximum absolute atomic E-state index is 12.1. The summed E-state index contributed by atoms with van der Waals surface area (Å²) in [6.45, 7) is 0. The Bertz CT molecular complexity index is 544. The fourth-order valence-electron chi connectivity index (χ4n) is 1.82. The molecule has 1 aliphatic heterocycles. The third-order valence-electron chi connectivity index (χ3n) is 2.63. The summed E-state index contributed by atoms with van der Waals surface area (Å²) in [5.74, 6) is -1.06. The zero-order chi connectivity index (χ0) is 14.2. The van der Waals surface area contributed by atoms with Crippen LogP contribution in [0.4, 0.5) is 5.69 Å². The van der Waals surface area contributed by atoms with Crippen molar-refractivity contribution in [3.8, 4) is 0 Å². The molecule has 100 valence electrons. The lowest BCUT2D eigenvalue weighted by Crippen LogP contribution is -2.37. The third kappa shape index (κ3) is 2.68. The van der Waals surface area contributed by atoms with Gasteiger partial charge < -0.3 is 0 Å². The summed E-state index contributed by atoms with van der Waals surface area (Å²) in [5.41, 5.74) is 0.256. The molecule has 8 heteroatoms. The molecule has 1 unspecified atom stereocenters. The van der Waals surface area contributed by atoms with E-state index < -0.39 is 17.9 Å². The Balaban J connectivity index is 2.37. The minimum absolute atomic E-state index is 0.175. The van der Waals surface area contributed by atoms with Crippen LogP contribution in [0.1, 0.15) is 6.42 Å². The van der Waals surface area contributed by atoms with E-state index in [0.29, 0.717) is 14.5 Å². The molecule has 1 fully saturated rings. The van der Waals surface area contributed by atoms with E-state index in [1.807, 2.05) is 0 Å². The SMILES string of the molecule is O=CN(Cl)C1CC(=O)N(c2cc(Cl)cc(Cl)c2)C1=O. The van der Waals surface area contributed by atoms with Crippen LogP contribution < -0.4 is 4.90 Å². The van der Waals surface area contributed by atoms with Crippen LogP contribution in [0, 0.1) is 0 Å². The Labute approximate surface area is 123 Å². The Hall–Kier alpha value is -1.30. The van der Waals surface area contributed by atoms with Crippen molar-refractivity contribution in [1.82, 2.24) is 4.42 Å². The van der Waals surface area contributed by atoms with Crippen molar-refractivity contribution in [3.05, 3.63) is 28.2 Å². The van der Waals surface area contributed by atoms with Gasteiger partial charge in [-0.15, -0.1) is 0 Å². The van der Waals surface area contributed by atoms with E-state index in [0.717, 1.165) is 4.90 Å². The van der Waals surface area contributed by atoms with Gasteiger partial charge in [0.25, 0.3) is 5.91 Å². The van der Waals surface area contributed by atoms with Crippen LogP contribution in [0.5, 0.6) is 0 Å². The number of hydrogen-bond acceptors (Lipinski definition) is 3. The largest absolute Gasteiger partial charge is 0.277 e. The molecule has 0 aliphatic carbocycles. The second kappa shape index (κ2) is 5.36. The first kappa shape index (κ1) is 14.1. The van der Waals surface area contributed by atoms with Gasteiger partial charge in [-0.3, -0.25) is 14.4 Å². The van der Waals surface area contributed by atoms with E-state index in [1.165, 1.54) is 18.2 Å². The van der Waals surface area contributed by atoms with Crippen LogP contribution in [-0.2, 0) is 14.4 Å². The highest BCUT2D eigenvalue weighted by molar-refractivity contribution is 6.36. The normalized spacial score (nSPS) is 18.9. The van der Waals surface area contributed by atoms with E-state index in [2.05, 4.69) is 0 Å². The third-order valence-corrected chi connectivity index (χ3v) is 3.38. The quantitative estimate of drug-likeness (QED) is 0.487. The molecule has 0 radical (unpaired) electrons. The lowest BCUT2D eigenvalue weighted by atomic mass is 10.2. The zero-order valence-electron chi connectivity index (χ0n) is 9.35. The van der Waals surface area contributed by atoms with Crippen molar-refractivity contribution in [2.24, 2.45) is 0 Å². The van der Waals surface area contributed by atoms with Crippen molar-refractivity contribution in [2.75, 3.05) is 4.90 Å². The predicted molar refractivity (Wildman–Crippen MR) is 71.1 cm³/mol. The highest BCUT2D eigenvalue weighted by Crippen LogP contribution is 2.30.